The maximum atomic E-state index is 5.48. The summed E-state index contributed by atoms with van der Waals surface area (Å²) in [4.78, 5) is 9.48. The fraction of sp³-hybridized carbons (Fsp3) is 0.348. The standard InChI is InChI=1S/C23H29N3O2/c1-7-15-23(8-2)20-16-19(28-6)13-14-21(20)26(4)22(24-23)25(3)17-9-11-18(27-5)12-10-17/h7,9-16H,8H2,1-6H3/b15-7+. The van der Waals surface area contributed by atoms with E-state index >= 15 is 0 Å². The summed E-state index contributed by atoms with van der Waals surface area (Å²) in [7, 11) is 7.47. The fourth-order valence-electron chi connectivity index (χ4n) is 3.71. The third-order valence-electron chi connectivity index (χ3n) is 5.37. The van der Waals surface area contributed by atoms with Crippen LogP contribution in [0.25, 0.3) is 0 Å². The Kier molecular flexibility index (Phi) is 5.63. The van der Waals surface area contributed by atoms with Crippen LogP contribution in [-0.2, 0) is 5.54 Å². The number of anilines is 2. The van der Waals surface area contributed by atoms with Crippen LogP contribution in [0, 0.1) is 0 Å². The van der Waals surface area contributed by atoms with Gasteiger partial charge in [0.15, 0.2) is 0 Å². The van der Waals surface area contributed by atoms with Gasteiger partial charge in [0.2, 0.25) is 5.96 Å². The van der Waals surface area contributed by atoms with Crippen molar-refractivity contribution >= 4 is 17.3 Å². The molecule has 0 N–H and O–H groups in total. The van der Waals surface area contributed by atoms with E-state index in [2.05, 4.69) is 48.1 Å². The molecule has 1 atom stereocenters. The molecule has 1 unspecified atom stereocenters. The third-order valence-corrected chi connectivity index (χ3v) is 5.37. The predicted molar refractivity (Wildman–Crippen MR) is 117 cm³/mol. The van der Waals surface area contributed by atoms with Crippen molar-refractivity contribution in [3.63, 3.8) is 0 Å². The van der Waals surface area contributed by atoms with Gasteiger partial charge in [-0.15, -0.1) is 0 Å². The summed E-state index contributed by atoms with van der Waals surface area (Å²) >= 11 is 0. The molecule has 28 heavy (non-hydrogen) atoms. The maximum Gasteiger partial charge on any atom is 0.206 e. The Balaban J connectivity index is 2.13. The van der Waals surface area contributed by atoms with E-state index in [0.717, 1.165) is 40.8 Å². The van der Waals surface area contributed by atoms with Crippen LogP contribution >= 0.6 is 0 Å². The number of ether oxygens (including phenoxy) is 2. The number of fused-ring (bicyclic) bond motifs is 1. The van der Waals surface area contributed by atoms with E-state index < -0.39 is 5.54 Å². The van der Waals surface area contributed by atoms with Gasteiger partial charge in [0.25, 0.3) is 0 Å². The van der Waals surface area contributed by atoms with E-state index in [-0.39, 0.29) is 0 Å². The highest BCUT2D eigenvalue weighted by Gasteiger charge is 2.37. The zero-order valence-corrected chi connectivity index (χ0v) is 17.6. The highest BCUT2D eigenvalue weighted by atomic mass is 16.5. The van der Waals surface area contributed by atoms with Gasteiger partial charge in [0, 0.05) is 31.0 Å². The Hall–Kier alpha value is -2.95. The van der Waals surface area contributed by atoms with E-state index in [1.807, 2.05) is 44.3 Å². The van der Waals surface area contributed by atoms with Crippen LogP contribution in [0.2, 0.25) is 0 Å². The molecule has 0 amide bonds. The molecule has 0 saturated heterocycles. The largest absolute Gasteiger partial charge is 0.497 e. The molecule has 2 aromatic carbocycles. The summed E-state index contributed by atoms with van der Waals surface area (Å²) in [5.41, 5.74) is 2.91. The second-order valence-corrected chi connectivity index (χ2v) is 6.89. The Bertz CT molecular complexity index is 889. The molecule has 0 spiro atoms. The number of methoxy groups -OCH3 is 2. The number of hydrogen-bond acceptors (Lipinski definition) is 5. The molecule has 5 nitrogen and oxygen atoms in total. The molecule has 2 aromatic rings. The van der Waals surface area contributed by atoms with Crippen molar-refractivity contribution in [2.24, 2.45) is 4.99 Å². The van der Waals surface area contributed by atoms with Crippen molar-refractivity contribution in [3.05, 3.63) is 60.2 Å². The maximum absolute atomic E-state index is 5.48. The van der Waals surface area contributed by atoms with Crippen LogP contribution in [0.15, 0.2) is 59.6 Å². The topological polar surface area (TPSA) is 37.3 Å². The van der Waals surface area contributed by atoms with Crippen LogP contribution in [0.5, 0.6) is 11.5 Å². The molecule has 148 valence electrons. The zero-order chi connectivity index (χ0) is 20.3. The van der Waals surface area contributed by atoms with Gasteiger partial charge >= 0.3 is 0 Å². The predicted octanol–water partition coefficient (Wildman–Crippen LogP) is 4.83. The highest BCUT2D eigenvalue weighted by Crippen LogP contribution is 2.43. The Morgan fingerprint density at radius 3 is 2.29 bits per heavy atom. The van der Waals surface area contributed by atoms with Crippen LogP contribution in [0.1, 0.15) is 25.8 Å². The molecule has 0 saturated carbocycles. The van der Waals surface area contributed by atoms with Crippen molar-refractivity contribution in [2.75, 3.05) is 38.1 Å². The summed E-state index contributed by atoms with van der Waals surface area (Å²) in [6, 6.07) is 14.2. The molecule has 0 bridgehead atoms. The van der Waals surface area contributed by atoms with E-state index in [9.17, 15) is 0 Å². The van der Waals surface area contributed by atoms with E-state index in [1.165, 1.54) is 0 Å². The van der Waals surface area contributed by atoms with Crippen molar-refractivity contribution in [3.8, 4) is 11.5 Å². The number of benzene rings is 2. The first-order chi connectivity index (χ1) is 13.5. The lowest BCUT2D eigenvalue weighted by atomic mass is 9.84. The molecule has 0 radical (unpaired) electrons. The van der Waals surface area contributed by atoms with Gasteiger partial charge in [0.1, 0.15) is 17.0 Å². The first-order valence-corrected chi connectivity index (χ1v) is 9.53. The molecule has 5 heteroatoms. The van der Waals surface area contributed by atoms with Crippen molar-refractivity contribution in [1.29, 1.82) is 0 Å². The number of nitrogens with zero attached hydrogens (tertiary/aromatic N) is 3. The van der Waals surface area contributed by atoms with Crippen LogP contribution in [-0.4, -0.2) is 34.3 Å². The van der Waals surface area contributed by atoms with Gasteiger partial charge in [-0.25, -0.2) is 4.99 Å². The molecular weight excluding hydrogens is 350 g/mol. The smallest absolute Gasteiger partial charge is 0.206 e. The number of rotatable bonds is 5. The minimum Gasteiger partial charge on any atom is -0.497 e. The van der Waals surface area contributed by atoms with E-state index in [1.54, 1.807) is 14.2 Å². The van der Waals surface area contributed by atoms with Gasteiger partial charge in [-0.1, -0.05) is 19.1 Å². The average Bonchev–Trinajstić information content (AvgIpc) is 2.75. The van der Waals surface area contributed by atoms with Gasteiger partial charge in [-0.05, 0) is 55.8 Å². The zero-order valence-electron chi connectivity index (χ0n) is 17.6. The average molecular weight is 380 g/mol. The lowest BCUT2D eigenvalue weighted by molar-refractivity contribution is 0.412. The van der Waals surface area contributed by atoms with Crippen molar-refractivity contribution in [2.45, 2.75) is 25.8 Å². The fourth-order valence-corrected chi connectivity index (χ4v) is 3.71. The van der Waals surface area contributed by atoms with Crippen LogP contribution < -0.4 is 19.3 Å². The molecular formula is C23H29N3O2. The minimum absolute atomic E-state index is 0.429. The second-order valence-electron chi connectivity index (χ2n) is 6.89. The number of aliphatic imine (C=N–C) groups is 1. The van der Waals surface area contributed by atoms with E-state index in [4.69, 9.17) is 14.5 Å². The molecule has 0 aromatic heterocycles. The summed E-state index contributed by atoms with van der Waals surface area (Å²) in [6.07, 6.45) is 5.11. The Morgan fingerprint density at radius 2 is 1.71 bits per heavy atom. The molecule has 0 fully saturated rings. The quantitative estimate of drug-likeness (QED) is 0.698. The number of hydrogen-bond donors (Lipinski definition) is 0. The number of guanidine groups is 1. The first-order valence-electron chi connectivity index (χ1n) is 9.53. The lowest BCUT2D eigenvalue weighted by Gasteiger charge is -2.41. The van der Waals surface area contributed by atoms with Gasteiger partial charge in [0.05, 0.1) is 14.2 Å². The second kappa shape index (κ2) is 7.97. The monoisotopic (exact) mass is 379 g/mol. The van der Waals surface area contributed by atoms with Crippen molar-refractivity contribution < 1.29 is 9.47 Å². The van der Waals surface area contributed by atoms with Gasteiger partial charge in [-0.3, -0.25) is 0 Å². The number of allylic oxidation sites excluding steroid dienone is 1. The Morgan fingerprint density at radius 1 is 1.07 bits per heavy atom. The van der Waals surface area contributed by atoms with Crippen LogP contribution in [0.3, 0.4) is 0 Å². The molecule has 1 aliphatic rings. The SMILES string of the molecule is C/C=C/C1(CC)N=C(N(C)c2ccc(OC)cc2)N(C)c2ccc(OC)cc21. The van der Waals surface area contributed by atoms with Crippen LogP contribution in [0.4, 0.5) is 11.4 Å². The molecule has 0 aliphatic carbocycles. The lowest BCUT2D eigenvalue weighted by Crippen LogP contribution is -2.46. The van der Waals surface area contributed by atoms with Gasteiger partial charge < -0.3 is 19.3 Å². The molecule has 1 heterocycles. The van der Waals surface area contributed by atoms with Crippen molar-refractivity contribution in [1.82, 2.24) is 0 Å². The summed E-state index contributed by atoms with van der Waals surface area (Å²) in [6.45, 7) is 4.21. The Labute approximate surface area is 167 Å². The normalized spacial score (nSPS) is 18.6. The summed E-state index contributed by atoms with van der Waals surface area (Å²) in [5.74, 6) is 2.57. The molecule has 1 aliphatic heterocycles. The summed E-state index contributed by atoms with van der Waals surface area (Å²) in [5, 5.41) is 0. The van der Waals surface area contributed by atoms with E-state index in [0.29, 0.717) is 0 Å². The third kappa shape index (κ3) is 3.33. The highest BCUT2D eigenvalue weighted by molar-refractivity contribution is 6.08. The first kappa shape index (κ1) is 19.8. The minimum atomic E-state index is -0.429. The van der Waals surface area contributed by atoms with Gasteiger partial charge in [-0.2, -0.15) is 0 Å². The molecule has 3 rings (SSSR count). The summed E-state index contributed by atoms with van der Waals surface area (Å²) < 4.78 is 10.8.